The van der Waals surface area contributed by atoms with Gasteiger partial charge in [-0.05, 0) is 103 Å². The first kappa shape index (κ1) is 36.3. The first-order valence-corrected chi connectivity index (χ1v) is 18.9. The zero-order valence-corrected chi connectivity index (χ0v) is 30.7. The molecule has 2 bridgehead atoms. The summed E-state index contributed by atoms with van der Waals surface area (Å²) in [6, 6.07) is 38.8. The SMILES string of the molecule is CC1=CCC[C@@]2(C)[C@@H](CC[C@@]2(O)CN(Cc2ccccc2)C(=O)Oc2ccc3ccccc3c2)c2ccc(cc2C(=O)c2ccccc2)C[C@@H](O)CC1. The molecule has 0 aliphatic heterocycles. The van der Waals surface area contributed by atoms with E-state index in [-0.39, 0.29) is 24.8 Å². The maximum Gasteiger partial charge on any atom is 0.415 e. The van der Waals surface area contributed by atoms with Gasteiger partial charge in [-0.2, -0.15) is 0 Å². The number of allylic oxidation sites excluding steroid dienone is 2. The summed E-state index contributed by atoms with van der Waals surface area (Å²) in [5.41, 5.74) is 3.18. The summed E-state index contributed by atoms with van der Waals surface area (Å²) in [4.78, 5) is 30.1. The molecule has 3 aliphatic rings. The molecule has 0 radical (unpaired) electrons. The quantitative estimate of drug-likeness (QED) is 0.130. The van der Waals surface area contributed by atoms with Gasteiger partial charge in [0.05, 0.1) is 18.2 Å². The lowest BCUT2D eigenvalue weighted by Gasteiger charge is -2.46. The van der Waals surface area contributed by atoms with Crippen LogP contribution in [0.4, 0.5) is 4.79 Å². The highest BCUT2D eigenvalue weighted by Crippen LogP contribution is 2.59. The molecule has 0 saturated heterocycles. The number of fused-ring (bicyclic) bond motifs is 9. The van der Waals surface area contributed by atoms with Gasteiger partial charge in [0, 0.05) is 23.1 Å². The van der Waals surface area contributed by atoms with Crippen LogP contribution in [0.1, 0.15) is 90.9 Å². The van der Waals surface area contributed by atoms with Crippen LogP contribution in [0.5, 0.6) is 5.75 Å². The molecule has 5 aromatic rings. The lowest BCUT2D eigenvalue weighted by atomic mass is 9.64. The van der Waals surface area contributed by atoms with E-state index < -0.39 is 23.2 Å². The van der Waals surface area contributed by atoms with Crippen molar-refractivity contribution in [2.45, 2.75) is 83.0 Å². The monoisotopic (exact) mass is 707 g/mol. The predicted molar refractivity (Wildman–Crippen MR) is 210 cm³/mol. The number of carbonyl (C=O) groups is 2. The van der Waals surface area contributed by atoms with Gasteiger partial charge in [-0.1, -0.05) is 122 Å². The van der Waals surface area contributed by atoms with E-state index in [1.165, 1.54) is 5.57 Å². The Hall–Kier alpha value is -5.04. The Bertz CT molecular complexity index is 2110. The molecule has 6 nitrogen and oxygen atoms in total. The van der Waals surface area contributed by atoms with Crippen LogP contribution in [-0.2, 0) is 13.0 Å². The van der Waals surface area contributed by atoms with Crippen molar-refractivity contribution in [1.82, 2.24) is 4.90 Å². The second-order valence-electron chi connectivity index (χ2n) is 15.4. The van der Waals surface area contributed by atoms with Crippen molar-refractivity contribution in [2.75, 3.05) is 6.54 Å². The van der Waals surface area contributed by atoms with Gasteiger partial charge in [0.25, 0.3) is 0 Å². The van der Waals surface area contributed by atoms with Crippen molar-refractivity contribution in [3.63, 3.8) is 0 Å². The third-order valence-electron chi connectivity index (χ3n) is 11.8. The van der Waals surface area contributed by atoms with E-state index in [0.29, 0.717) is 49.0 Å². The molecule has 8 rings (SSSR count). The molecular formula is C47H49NO5. The fourth-order valence-corrected chi connectivity index (χ4v) is 8.64. The summed E-state index contributed by atoms with van der Waals surface area (Å²) in [7, 11) is 0. The maximum atomic E-state index is 14.3. The van der Waals surface area contributed by atoms with Crippen LogP contribution >= 0.6 is 0 Å². The Morgan fingerprint density at radius 3 is 2.32 bits per heavy atom. The van der Waals surface area contributed by atoms with Crippen molar-refractivity contribution in [3.05, 3.63) is 161 Å². The molecule has 2 N–H and O–H groups in total. The third kappa shape index (κ3) is 7.85. The van der Waals surface area contributed by atoms with E-state index in [1.807, 2.05) is 115 Å². The molecule has 5 aromatic carbocycles. The Kier molecular flexibility index (Phi) is 10.6. The lowest BCUT2D eigenvalue weighted by Crippen LogP contribution is -2.54. The van der Waals surface area contributed by atoms with Crippen molar-refractivity contribution >= 4 is 22.6 Å². The number of aliphatic hydroxyl groups is 2. The van der Waals surface area contributed by atoms with E-state index in [0.717, 1.165) is 40.3 Å². The summed E-state index contributed by atoms with van der Waals surface area (Å²) < 4.78 is 6.06. The van der Waals surface area contributed by atoms with Crippen LogP contribution in [0.3, 0.4) is 0 Å². The smallest absolute Gasteiger partial charge is 0.410 e. The molecule has 1 saturated carbocycles. The van der Waals surface area contributed by atoms with Crippen LogP contribution in [0, 0.1) is 5.41 Å². The number of hydrogen-bond acceptors (Lipinski definition) is 5. The lowest BCUT2D eigenvalue weighted by molar-refractivity contribution is -0.0802. The van der Waals surface area contributed by atoms with Crippen LogP contribution in [-0.4, -0.2) is 45.2 Å². The van der Waals surface area contributed by atoms with Crippen LogP contribution in [0.2, 0.25) is 0 Å². The van der Waals surface area contributed by atoms with Crippen LogP contribution in [0.15, 0.2) is 133 Å². The van der Waals surface area contributed by atoms with Crippen molar-refractivity contribution in [3.8, 4) is 5.75 Å². The molecule has 6 heteroatoms. The minimum absolute atomic E-state index is 0.0657. The fourth-order valence-electron chi connectivity index (χ4n) is 8.64. The minimum atomic E-state index is -1.30. The predicted octanol–water partition coefficient (Wildman–Crippen LogP) is 9.81. The molecule has 1 fully saturated rings. The van der Waals surface area contributed by atoms with E-state index in [4.69, 9.17) is 4.74 Å². The van der Waals surface area contributed by atoms with Gasteiger partial charge < -0.3 is 19.8 Å². The fraction of sp³-hybridized carbons (Fsp3) is 0.319. The van der Waals surface area contributed by atoms with Gasteiger partial charge in [0.2, 0.25) is 0 Å². The highest BCUT2D eigenvalue weighted by atomic mass is 16.6. The van der Waals surface area contributed by atoms with Gasteiger partial charge in [0.1, 0.15) is 5.75 Å². The maximum absolute atomic E-state index is 14.3. The van der Waals surface area contributed by atoms with E-state index >= 15 is 0 Å². The number of hydrogen-bond donors (Lipinski definition) is 2. The summed E-state index contributed by atoms with van der Waals surface area (Å²) in [5.74, 6) is 0.213. The second-order valence-corrected chi connectivity index (χ2v) is 15.4. The highest BCUT2D eigenvalue weighted by molar-refractivity contribution is 6.10. The molecule has 53 heavy (non-hydrogen) atoms. The molecule has 4 atom stereocenters. The molecule has 0 spiro atoms. The van der Waals surface area contributed by atoms with Crippen LogP contribution < -0.4 is 4.74 Å². The van der Waals surface area contributed by atoms with Gasteiger partial charge in [-0.15, -0.1) is 0 Å². The molecule has 0 unspecified atom stereocenters. The number of benzene rings is 5. The summed E-state index contributed by atoms with van der Waals surface area (Å²) in [5, 5.41) is 26.1. The number of rotatable bonds is 7. The normalized spacial score (nSPS) is 23.1. The first-order valence-electron chi connectivity index (χ1n) is 18.9. The van der Waals surface area contributed by atoms with E-state index in [9.17, 15) is 19.8 Å². The number of carbonyl (C=O) groups excluding carboxylic acids is 2. The average Bonchev–Trinajstić information content (AvgIpc) is 3.42. The molecule has 0 aromatic heterocycles. The molecule has 3 aliphatic carbocycles. The van der Waals surface area contributed by atoms with E-state index in [2.05, 4.69) is 26.0 Å². The van der Waals surface area contributed by atoms with Crippen molar-refractivity contribution in [1.29, 1.82) is 0 Å². The van der Waals surface area contributed by atoms with Gasteiger partial charge in [-0.25, -0.2) is 4.79 Å². The number of amides is 1. The zero-order valence-electron chi connectivity index (χ0n) is 30.7. The minimum Gasteiger partial charge on any atom is -0.410 e. The topological polar surface area (TPSA) is 87.1 Å². The van der Waals surface area contributed by atoms with E-state index in [1.54, 1.807) is 4.90 Å². The Morgan fingerprint density at radius 2 is 1.55 bits per heavy atom. The highest BCUT2D eigenvalue weighted by Gasteiger charge is 2.57. The Balaban J connectivity index is 1.27. The number of nitrogens with zero attached hydrogens (tertiary/aromatic N) is 1. The Morgan fingerprint density at radius 1 is 0.830 bits per heavy atom. The molecular weight excluding hydrogens is 659 g/mol. The standard InChI is InChI=1S/C47H49NO5/c1-33-12-11-26-46(2)43(41-24-20-35(28-39(49)22-19-33)29-42(41)44(50)37-16-7-4-8-17-37)25-27-47(46,52)32-48(31-34-13-5-3-6-14-34)45(51)53-40-23-21-36-15-9-10-18-38(36)30-40/h3-10,12-18,20-21,23-24,29-30,39,43,49,52H,11,19,22,25-28,31-32H2,1-2H3/t39-,43-,46-,47+/m0/s1. The summed E-state index contributed by atoms with van der Waals surface area (Å²) in [6.45, 7) is 4.58. The number of ketones is 1. The molecule has 1 amide bonds. The van der Waals surface area contributed by atoms with Gasteiger partial charge in [0.15, 0.2) is 5.78 Å². The van der Waals surface area contributed by atoms with Gasteiger partial charge in [-0.3, -0.25) is 4.79 Å². The first-order chi connectivity index (χ1) is 25.6. The summed E-state index contributed by atoms with van der Waals surface area (Å²) >= 11 is 0. The van der Waals surface area contributed by atoms with Crippen molar-refractivity contribution < 1.29 is 24.5 Å². The third-order valence-corrected chi connectivity index (χ3v) is 11.8. The zero-order chi connectivity index (χ0) is 37.0. The largest absolute Gasteiger partial charge is 0.415 e. The molecule has 272 valence electrons. The van der Waals surface area contributed by atoms with Gasteiger partial charge >= 0.3 is 6.09 Å². The summed E-state index contributed by atoms with van der Waals surface area (Å²) in [6.07, 6.45) is 5.51. The Labute approximate surface area is 312 Å². The second kappa shape index (κ2) is 15.5. The van der Waals surface area contributed by atoms with Crippen molar-refractivity contribution in [2.24, 2.45) is 5.41 Å². The average molecular weight is 708 g/mol. The number of ether oxygens (including phenoxy) is 1. The van der Waals surface area contributed by atoms with Crippen LogP contribution in [0.25, 0.3) is 10.8 Å². The number of aliphatic hydroxyl groups excluding tert-OH is 1. The molecule has 0 heterocycles.